The van der Waals surface area contributed by atoms with E-state index in [-0.39, 0.29) is 35.8 Å². The van der Waals surface area contributed by atoms with Gasteiger partial charge in [0.2, 0.25) is 5.91 Å². The fourth-order valence-corrected chi connectivity index (χ4v) is 2.78. The van der Waals surface area contributed by atoms with Gasteiger partial charge in [-0.25, -0.2) is 0 Å². The molecule has 0 aromatic carbocycles. The number of nitrogens with one attached hydrogen (secondary N) is 3. The third-order valence-electron chi connectivity index (χ3n) is 3.21. The maximum absolute atomic E-state index is 11.4. The molecule has 7 heteroatoms. The molecule has 0 saturated heterocycles. The van der Waals surface area contributed by atoms with Crippen molar-refractivity contribution in [3.63, 3.8) is 0 Å². The van der Waals surface area contributed by atoms with Crippen LogP contribution in [0.3, 0.4) is 0 Å². The summed E-state index contributed by atoms with van der Waals surface area (Å²) < 4.78 is 0. The Balaban J connectivity index is 0.00000484. The quantitative estimate of drug-likeness (QED) is 0.246. The standard InChI is InChI=1S/C16H28N4OS.HI/c1-12(2)15(21)18-7-8-19-16(17-4)20-11-13(3)10-14-6-5-9-22-14;/h5-6,9,12-13H,7-8,10-11H2,1-4H3,(H,18,21)(H2,17,19,20);1H. The Hall–Kier alpha value is -0.830. The van der Waals surface area contributed by atoms with Crippen LogP contribution in [-0.4, -0.2) is 38.5 Å². The normalized spacial score (nSPS) is 12.5. The van der Waals surface area contributed by atoms with E-state index in [1.54, 1.807) is 18.4 Å². The number of amides is 1. The number of halogens is 1. The fourth-order valence-electron chi connectivity index (χ4n) is 1.91. The lowest BCUT2D eigenvalue weighted by molar-refractivity contribution is -0.123. The van der Waals surface area contributed by atoms with Crippen LogP contribution in [0.25, 0.3) is 0 Å². The third kappa shape index (κ3) is 9.80. The molecule has 23 heavy (non-hydrogen) atoms. The molecule has 132 valence electrons. The highest BCUT2D eigenvalue weighted by Gasteiger charge is 2.07. The molecule has 1 aromatic heterocycles. The maximum Gasteiger partial charge on any atom is 0.222 e. The van der Waals surface area contributed by atoms with Crippen LogP contribution in [0.4, 0.5) is 0 Å². The van der Waals surface area contributed by atoms with E-state index in [0.717, 1.165) is 18.9 Å². The molecule has 0 bridgehead atoms. The monoisotopic (exact) mass is 452 g/mol. The van der Waals surface area contributed by atoms with E-state index in [1.165, 1.54) is 4.88 Å². The Labute approximate surface area is 160 Å². The minimum Gasteiger partial charge on any atom is -0.356 e. The van der Waals surface area contributed by atoms with Gasteiger partial charge in [-0.3, -0.25) is 9.79 Å². The topological polar surface area (TPSA) is 65.5 Å². The van der Waals surface area contributed by atoms with Crippen LogP contribution >= 0.6 is 35.3 Å². The summed E-state index contributed by atoms with van der Waals surface area (Å²) in [5.41, 5.74) is 0. The molecule has 1 heterocycles. The zero-order valence-electron chi connectivity index (χ0n) is 14.4. The molecule has 0 saturated carbocycles. The second-order valence-electron chi connectivity index (χ2n) is 5.71. The van der Waals surface area contributed by atoms with Crippen LogP contribution in [0.5, 0.6) is 0 Å². The molecule has 0 aliphatic heterocycles. The van der Waals surface area contributed by atoms with E-state index in [2.05, 4.69) is 45.4 Å². The smallest absolute Gasteiger partial charge is 0.222 e. The molecule has 1 atom stereocenters. The van der Waals surface area contributed by atoms with Gasteiger partial charge in [-0.1, -0.05) is 26.8 Å². The number of rotatable bonds is 8. The number of hydrogen-bond acceptors (Lipinski definition) is 3. The molecule has 1 amide bonds. The third-order valence-corrected chi connectivity index (χ3v) is 4.11. The molecule has 0 aliphatic carbocycles. The highest BCUT2D eigenvalue weighted by atomic mass is 127. The first-order valence-corrected chi connectivity index (χ1v) is 8.65. The van der Waals surface area contributed by atoms with E-state index in [4.69, 9.17) is 0 Å². The van der Waals surface area contributed by atoms with E-state index in [1.807, 2.05) is 13.8 Å². The van der Waals surface area contributed by atoms with Crippen LogP contribution in [0.1, 0.15) is 25.6 Å². The first kappa shape index (κ1) is 22.2. The van der Waals surface area contributed by atoms with Crippen molar-refractivity contribution >= 4 is 47.2 Å². The average Bonchev–Trinajstić information content (AvgIpc) is 2.98. The molecule has 5 nitrogen and oxygen atoms in total. The van der Waals surface area contributed by atoms with Crippen molar-refractivity contribution in [2.75, 3.05) is 26.7 Å². The molecule has 3 N–H and O–H groups in total. The second-order valence-corrected chi connectivity index (χ2v) is 6.75. The van der Waals surface area contributed by atoms with Gasteiger partial charge in [-0.15, -0.1) is 35.3 Å². The second kappa shape index (κ2) is 12.6. The number of carbonyl (C=O) groups excluding carboxylic acids is 1. The lowest BCUT2D eigenvalue weighted by atomic mass is 10.1. The number of nitrogens with zero attached hydrogens (tertiary/aromatic N) is 1. The average molecular weight is 452 g/mol. The molecular formula is C16H29IN4OS. The summed E-state index contributed by atoms with van der Waals surface area (Å²) in [7, 11) is 1.76. The predicted molar refractivity (Wildman–Crippen MR) is 110 cm³/mol. The highest BCUT2D eigenvalue weighted by molar-refractivity contribution is 14.0. The number of carbonyl (C=O) groups is 1. The summed E-state index contributed by atoms with van der Waals surface area (Å²) in [6.07, 6.45) is 1.08. The van der Waals surface area contributed by atoms with Gasteiger partial charge in [0, 0.05) is 37.5 Å². The van der Waals surface area contributed by atoms with Crippen LogP contribution < -0.4 is 16.0 Å². The zero-order chi connectivity index (χ0) is 16.4. The first-order valence-electron chi connectivity index (χ1n) is 7.77. The molecule has 1 rings (SSSR count). The highest BCUT2D eigenvalue weighted by Crippen LogP contribution is 2.13. The Kier molecular flexibility index (Phi) is 12.1. The molecule has 0 fully saturated rings. The summed E-state index contributed by atoms with van der Waals surface area (Å²) >= 11 is 1.80. The van der Waals surface area contributed by atoms with Gasteiger partial charge in [0.15, 0.2) is 5.96 Å². The van der Waals surface area contributed by atoms with Crippen LogP contribution in [-0.2, 0) is 11.2 Å². The van der Waals surface area contributed by atoms with Crippen molar-refractivity contribution in [2.24, 2.45) is 16.8 Å². The first-order chi connectivity index (χ1) is 10.5. The van der Waals surface area contributed by atoms with Gasteiger partial charge in [0.25, 0.3) is 0 Å². The van der Waals surface area contributed by atoms with E-state index in [0.29, 0.717) is 19.0 Å². The number of guanidine groups is 1. The Morgan fingerprint density at radius 2 is 1.91 bits per heavy atom. The Morgan fingerprint density at radius 1 is 1.22 bits per heavy atom. The molecule has 0 radical (unpaired) electrons. The van der Waals surface area contributed by atoms with Crippen molar-refractivity contribution < 1.29 is 4.79 Å². The number of thiophene rings is 1. The van der Waals surface area contributed by atoms with Gasteiger partial charge in [0.05, 0.1) is 0 Å². The summed E-state index contributed by atoms with van der Waals surface area (Å²) in [5, 5.41) is 11.5. The Bertz CT molecular complexity index is 463. The van der Waals surface area contributed by atoms with Gasteiger partial charge in [0.1, 0.15) is 0 Å². The van der Waals surface area contributed by atoms with Crippen molar-refractivity contribution in [1.82, 2.24) is 16.0 Å². The van der Waals surface area contributed by atoms with Gasteiger partial charge in [-0.05, 0) is 23.8 Å². The summed E-state index contributed by atoms with van der Waals surface area (Å²) in [6, 6.07) is 4.26. The summed E-state index contributed by atoms with van der Waals surface area (Å²) in [5.74, 6) is 1.42. The van der Waals surface area contributed by atoms with Crippen molar-refractivity contribution in [3.05, 3.63) is 22.4 Å². The van der Waals surface area contributed by atoms with Gasteiger partial charge in [-0.2, -0.15) is 0 Å². The van der Waals surface area contributed by atoms with Gasteiger partial charge < -0.3 is 16.0 Å². The van der Waals surface area contributed by atoms with Crippen molar-refractivity contribution in [3.8, 4) is 0 Å². The Morgan fingerprint density at radius 3 is 2.48 bits per heavy atom. The largest absolute Gasteiger partial charge is 0.356 e. The molecule has 1 aromatic rings. The lowest BCUT2D eigenvalue weighted by Crippen LogP contribution is -2.43. The SMILES string of the molecule is CN=C(NCCNC(=O)C(C)C)NCC(C)Cc1cccs1.I. The van der Waals surface area contributed by atoms with Crippen LogP contribution in [0.15, 0.2) is 22.5 Å². The van der Waals surface area contributed by atoms with E-state index < -0.39 is 0 Å². The minimum atomic E-state index is 0. The van der Waals surface area contributed by atoms with Crippen molar-refractivity contribution in [2.45, 2.75) is 27.2 Å². The molecule has 1 unspecified atom stereocenters. The lowest BCUT2D eigenvalue weighted by Gasteiger charge is -2.16. The summed E-state index contributed by atoms with van der Waals surface area (Å²) in [6.45, 7) is 8.13. The number of hydrogen-bond donors (Lipinski definition) is 3. The maximum atomic E-state index is 11.4. The van der Waals surface area contributed by atoms with Crippen molar-refractivity contribution in [1.29, 1.82) is 0 Å². The molecule has 0 aliphatic rings. The number of aliphatic imine (C=N–C) groups is 1. The van der Waals surface area contributed by atoms with E-state index in [9.17, 15) is 4.79 Å². The van der Waals surface area contributed by atoms with Crippen LogP contribution in [0.2, 0.25) is 0 Å². The summed E-state index contributed by atoms with van der Waals surface area (Å²) in [4.78, 5) is 17.0. The zero-order valence-corrected chi connectivity index (χ0v) is 17.5. The fraction of sp³-hybridized carbons (Fsp3) is 0.625. The van der Waals surface area contributed by atoms with E-state index >= 15 is 0 Å². The van der Waals surface area contributed by atoms with Crippen LogP contribution in [0, 0.1) is 11.8 Å². The predicted octanol–water partition coefficient (Wildman–Crippen LogP) is 2.48. The minimum absolute atomic E-state index is 0. The molecule has 0 spiro atoms. The molecular weight excluding hydrogens is 423 g/mol. The van der Waals surface area contributed by atoms with Gasteiger partial charge >= 0.3 is 0 Å².